The van der Waals surface area contributed by atoms with Crippen LogP contribution < -0.4 is 5.32 Å². The molecule has 3 atom stereocenters. The highest BCUT2D eigenvalue weighted by molar-refractivity contribution is 4.91. The van der Waals surface area contributed by atoms with Gasteiger partial charge >= 0.3 is 0 Å². The van der Waals surface area contributed by atoms with Gasteiger partial charge in [-0.3, -0.25) is 4.90 Å². The molecule has 1 N–H and O–H groups in total. The molecule has 2 heteroatoms. The quantitative estimate of drug-likeness (QED) is 0.748. The summed E-state index contributed by atoms with van der Waals surface area (Å²) in [6.07, 6.45) is 14.5. The molecule has 2 saturated carbocycles. The van der Waals surface area contributed by atoms with Gasteiger partial charge in [-0.15, -0.1) is 0 Å². The fourth-order valence-electron chi connectivity index (χ4n) is 4.94. The Morgan fingerprint density at radius 2 is 1.77 bits per heavy atom. The number of nitrogens with zero attached hydrogens (tertiary/aromatic N) is 1. The van der Waals surface area contributed by atoms with Crippen LogP contribution in [0.5, 0.6) is 0 Å². The Morgan fingerprint density at radius 1 is 1.00 bits per heavy atom. The molecule has 3 fully saturated rings. The first-order chi connectivity index (χ1) is 10.8. The lowest BCUT2D eigenvalue weighted by molar-refractivity contribution is 0.0882. The first-order valence-electron chi connectivity index (χ1n) is 10.2. The van der Waals surface area contributed by atoms with Crippen molar-refractivity contribution < 1.29 is 0 Å². The fraction of sp³-hybridized carbons (Fsp3) is 1.00. The number of hydrogen-bond acceptors (Lipinski definition) is 2. The van der Waals surface area contributed by atoms with Crippen molar-refractivity contribution in [2.75, 3.05) is 19.6 Å². The van der Waals surface area contributed by atoms with Crippen molar-refractivity contribution in [1.82, 2.24) is 10.2 Å². The summed E-state index contributed by atoms with van der Waals surface area (Å²) in [7, 11) is 0. The zero-order valence-electron chi connectivity index (χ0n) is 15.0. The van der Waals surface area contributed by atoms with Gasteiger partial charge in [0.2, 0.25) is 0 Å². The van der Waals surface area contributed by atoms with Gasteiger partial charge in [0.15, 0.2) is 0 Å². The summed E-state index contributed by atoms with van der Waals surface area (Å²) in [4.78, 5) is 2.83. The molecule has 0 amide bonds. The molecule has 0 spiro atoms. The highest BCUT2D eigenvalue weighted by atomic mass is 15.2. The van der Waals surface area contributed by atoms with Gasteiger partial charge in [-0.2, -0.15) is 0 Å². The molecule has 0 bridgehead atoms. The predicted octanol–water partition coefficient (Wildman–Crippen LogP) is 4.45. The van der Waals surface area contributed by atoms with Gasteiger partial charge in [0.05, 0.1) is 0 Å². The zero-order chi connectivity index (χ0) is 15.4. The summed E-state index contributed by atoms with van der Waals surface area (Å²) in [5.41, 5.74) is 0. The molecule has 3 aliphatic rings. The van der Waals surface area contributed by atoms with E-state index in [-0.39, 0.29) is 0 Å². The minimum atomic E-state index is 0.758. The van der Waals surface area contributed by atoms with Crippen LogP contribution in [0.25, 0.3) is 0 Å². The van der Waals surface area contributed by atoms with Crippen LogP contribution in [0.1, 0.15) is 78.1 Å². The third-order valence-corrected chi connectivity index (χ3v) is 6.56. The fourth-order valence-corrected chi connectivity index (χ4v) is 4.94. The van der Waals surface area contributed by atoms with Gasteiger partial charge in [-0.25, -0.2) is 0 Å². The van der Waals surface area contributed by atoms with Gasteiger partial charge in [-0.05, 0) is 69.7 Å². The summed E-state index contributed by atoms with van der Waals surface area (Å²) in [6.45, 7) is 8.81. The van der Waals surface area contributed by atoms with Crippen LogP contribution in [0.2, 0.25) is 0 Å². The highest BCUT2D eigenvalue weighted by Gasteiger charge is 2.36. The molecular weight excluding hydrogens is 268 g/mol. The Bertz CT molecular complexity index is 320. The molecular formula is C20H38N2. The van der Waals surface area contributed by atoms with Crippen LogP contribution in [0.3, 0.4) is 0 Å². The maximum atomic E-state index is 3.98. The minimum absolute atomic E-state index is 0.758. The molecule has 1 saturated heterocycles. The monoisotopic (exact) mass is 306 g/mol. The molecule has 0 radical (unpaired) electrons. The third-order valence-electron chi connectivity index (χ3n) is 6.56. The van der Waals surface area contributed by atoms with E-state index in [1.54, 1.807) is 0 Å². The van der Waals surface area contributed by atoms with Crippen LogP contribution in [-0.2, 0) is 0 Å². The molecule has 2 aliphatic carbocycles. The van der Waals surface area contributed by atoms with Crippen LogP contribution in [-0.4, -0.2) is 36.6 Å². The lowest BCUT2D eigenvalue weighted by Crippen LogP contribution is -2.53. The van der Waals surface area contributed by atoms with Crippen molar-refractivity contribution in [3.63, 3.8) is 0 Å². The lowest BCUT2D eigenvalue weighted by atomic mass is 9.87. The molecule has 3 unspecified atom stereocenters. The standard InChI is InChI=1S/C20H38N2/c1-3-7-18-12-20(21-13-17-8-5-4-6-9-17)15-22(14-18)16(2)19-10-11-19/h16-21H,3-15H2,1-2H3. The van der Waals surface area contributed by atoms with Gasteiger partial charge in [0.1, 0.15) is 0 Å². The van der Waals surface area contributed by atoms with Crippen LogP contribution in [0, 0.1) is 17.8 Å². The van der Waals surface area contributed by atoms with Crippen molar-refractivity contribution in [2.45, 2.75) is 90.1 Å². The number of nitrogens with one attached hydrogen (secondary N) is 1. The van der Waals surface area contributed by atoms with Crippen molar-refractivity contribution in [2.24, 2.45) is 17.8 Å². The first kappa shape index (κ1) is 16.8. The molecule has 1 heterocycles. The maximum absolute atomic E-state index is 3.98. The Balaban J connectivity index is 1.49. The van der Waals surface area contributed by atoms with E-state index in [4.69, 9.17) is 0 Å². The van der Waals surface area contributed by atoms with E-state index in [1.165, 1.54) is 83.8 Å². The molecule has 0 aromatic carbocycles. The molecule has 3 rings (SSSR count). The summed E-state index contributed by atoms with van der Waals surface area (Å²) in [5, 5.41) is 3.98. The number of likely N-dealkylation sites (tertiary alicyclic amines) is 1. The SMILES string of the molecule is CCCC1CC(NCC2CCCCC2)CN(C(C)C2CC2)C1. The molecule has 22 heavy (non-hydrogen) atoms. The van der Waals surface area contributed by atoms with E-state index < -0.39 is 0 Å². The molecule has 1 aliphatic heterocycles. The number of rotatable bonds is 7. The predicted molar refractivity (Wildman–Crippen MR) is 95.1 cm³/mol. The van der Waals surface area contributed by atoms with Crippen LogP contribution >= 0.6 is 0 Å². The Morgan fingerprint density at radius 3 is 2.45 bits per heavy atom. The van der Waals surface area contributed by atoms with Crippen molar-refractivity contribution >= 4 is 0 Å². The average molecular weight is 307 g/mol. The average Bonchev–Trinajstić information content (AvgIpc) is 3.38. The summed E-state index contributed by atoms with van der Waals surface area (Å²) in [6, 6.07) is 1.59. The van der Waals surface area contributed by atoms with E-state index in [9.17, 15) is 0 Å². The van der Waals surface area contributed by atoms with E-state index in [0.29, 0.717) is 0 Å². The second-order valence-corrected chi connectivity index (χ2v) is 8.53. The Kier molecular flexibility index (Phi) is 6.21. The molecule has 0 aromatic rings. The first-order valence-corrected chi connectivity index (χ1v) is 10.2. The lowest BCUT2D eigenvalue weighted by Gasteiger charge is -2.42. The van der Waals surface area contributed by atoms with Crippen molar-refractivity contribution in [1.29, 1.82) is 0 Å². The highest BCUT2D eigenvalue weighted by Crippen LogP contribution is 2.37. The third kappa shape index (κ3) is 4.71. The van der Waals surface area contributed by atoms with Gasteiger partial charge < -0.3 is 5.32 Å². The summed E-state index contributed by atoms with van der Waals surface area (Å²) in [5.74, 6) is 2.91. The Hall–Kier alpha value is -0.0800. The smallest absolute Gasteiger partial charge is 0.0198 e. The normalized spacial score (nSPS) is 33.0. The topological polar surface area (TPSA) is 15.3 Å². The molecule has 128 valence electrons. The second kappa shape index (κ2) is 8.15. The van der Waals surface area contributed by atoms with Crippen molar-refractivity contribution in [3.8, 4) is 0 Å². The number of piperidine rings is 1. The van der Waals surface area contributed by atoms with E-state index >= 15 is 0 Å². The van der Waals surface area contributed by atoms with Gasteiger partial charge in [0, 0.05) is 25.2 Å². The summed E-state index contributed by atoms with van der Waals surface area (Å²) >= 11 is 0. The molecule has 0 aromatic heterocycles. The van der Waals surface area contributed by atoms with E-state index in [2.05, 4.69) is 24.1 Å². The van der Waals surface area contributed by atoms with E-state index in [1.807, 2.05) is 0 Å². The largest absolute Gasteiger partial charge is 0.312 e. The zero-order valence-corrected chi connectivity index (χ0v) is 15.0. The molecule has 2 nitrogen and oxygen atoms in total. The van der Waals surface area contributed by atoms with Gasteiger partial charge in [-0.1, -0.05) is 32.6 Å². The maximum Gasteiger partial charge on any atom is 0.0198 e. The minimum Gasteiger partial charge on any atom is -0.312 e. The van der Waals surface area contributed by atoms with E-state index in [0.717, 1.165) is 29.8 Å². The van der Waals surface area contributed by atoms with Gasteiger partial charge in [0.25, 0.3) is 0 Å². The van der Waals surface area contributed by atoms with Crippen LogP contribution in [0.4, 0.5) is 0 Å². The number of hydrogen-bond donors (Lipinski definition) is 1. The summed E-state index contributed by atoms with van der Waals surface area (Å²) < 4.78 is 0. The Labute approximate surface area is 138 Å². The second-order valence-electron chi connectivity index (χ2n) is 8.53. The van der Waals surface area contributed by atoms with Crippen LogP contribution in [0.15, 0.2) is 0 Å². The van der Waals surface area contributed by atoms with Crippen molar-refractivity contribution in [3.05, 3.63) is 0 Å².